The van der Waals surface area contributed by atoms with Crippen LogP contribution in [-0.4, -0.2) is 30.0 Å². The normalized spacial score (nSPS) is 12.0. The number of methoxy groups -OCH3 is 1. The number of nitriles is 1. The van der Waals surface area contributed by atoms with Crippen LogP contribution in [0.25, 0.3) is 11.1 Å². The van der Waals surface area contributed by atoms with Gasteiger partial charge in [0.1, 0.15) is 0 Å². The molecule has 0 aromatic heterocycles. The number of rotatable bonds is 10. The number of aryl methyl sites for hydroxylation is 1. The highest BCUT2D eigenvalue weighted by Gasteiger charge is 2.31. The quantitative estimate of drug-likeness (QED) is 0.152. The summed E-state index contributed by atoms with van der Waals surface area (Å²) >= 11 is 0. The van der Waals surface area contributed by atoms with Crippen LogP contribution >= 0.6 is 0 Å². The molecule has 0 bridgehead atoms. The molecule has 8 heteroatoms. The van der Waals surface area contributed by atoms with E-state index in [0.717, 1.165) is 16.7 Å². The van der Waals surface area contributed by atoms with Gasteiger partial charge in [-0.15, -0.1) is 0 Å². The van der Waals surface area contributed by atoms with Crippen molar-refractivity contribution in [2.24, 2.45) is 5.92 Å². The van der Waals surface area contributed by atoms with Crippen molar-refractivity contribution < 1.29 is 19.2 Å². The molecule has 0 aliphatic heterocycles. The summed E-state index contributed by atoms with van der Waals surface area (Å²) in [6.07, 6.45) is 0.633. The molecule has 4 aromatic rings. The second-order valence-corrected chi connectivity index (χ2v) is 9.77. The number of hydrogen-bond acceptors (Lipinski definition) is 6. The number of nitro groups is 1. The lowest BCUT2D eigenvalue weighted by molar-refractivity contribution is -0.384. The molecular weight excluding hydrogens is 518 g/mol. The topological polar surface area (TPSA) is 122 Å². The van der Waals surface area contributed by atoms with Crippen molar-refractivity contribution in [3.8, 4) is 17.2 Å². The fraction of sp³-hybridized carbons (Fsp3) is 0.182. The molecule has 206 valence electrons. The molecule has 0 heterocycles. The molecule has 0 fully saturated rings. The first-order chi connectivity index (χ1) is 19.8. The smallest absolute Gasteiger partial charge is 0.311 e. The minimum absolute atomic E-state index is 0.00786. The lowest BCUT2D eigenvalue weighted by Crippen LogP contribution is -2.46. The number of benzene rings is 4. The van der Waals surface area contributed by atoms with E-state index in [1.54, 1.807) is 61.5 Å². The highest BCUT2D eigenvalue weighted by molar-refractivity contribution is 5.95. The standard InChI is InChI=1S/C33H29N3O5/c1-22-11-16-28(31(17-22)36(39)40)26-12-14-27(15-13-26)32(37)35-30(20-23-7-4-3-5-8-23)29(33(38)41-2)19-24-9-6-10-25(18-24)21-34/h3-18,29-30H,19-20H2,1-2H3,(H,35,37). The number of nitro benzene ring substituents is 1. The Bertz CT molecular complexity index is 1590. The minimum Gasteiger partial charge on any atom is -0.469 e. The number of hydrogen-bond donors (Lipinski definition) is 1. The number of ether oxygens (including phenoxy) is 1. The van der Waals surface area contributed by atoms with E-state index in [-0.39, 0.29) is 12.1 Å². The molecule has 0 aliphatic rings. The second kappa shape index (κ2) is 13.2. The number of nitrogens with one attached hydrogen (secondary N) is 1. The summed E-state index contributed by atoms with van der Waals surface area (Å²) in [5, 5.41) is 23.9. The van der Waals surface area contributed by atoms with Crippen molar-refractivity contribution in [1.29, 1.82) is 5.26 Å². The van der Waals surface area contributed by atoms with Crippen molar-refractivity contribution in [3.05, 3.63) is 135 Å². The molecule has 0 spiro atoms. The van der Waals surface area contributed by atoms with Gasteiger partial charge in [0.2, 0.25) is 0 Å². The maximum absolute atomic E-state index is 13.5. The van der Waals surface area contributed by atoms with E-state index in [1.165, 1.54) is 13.2 Å². The third-order valence-electron chi connectivity index (χ3n) is 6.92. The number of esters is 1. The number of amides is 1. The van der Waals surface area contributed by atoms with Gasteiger partial charge < -0.3 is 10.1 Å². The summed E-state index contributed by atoms with van der Waals surface area (Å²) < 4.78 is 5.14. The van der Waals surface area contributed by atoms with Crippen LogP contribution in [0.3, 0.4) is 0 Å². The van der Waals surface area contributed by atoms with Crippen LogP contribution in [0.5, 0.6) is 0 Å². The zero-order valence-corrected chi connectivity index (χ0v) is 22.7. The monoisotopic (exact) mass is 547 g/mol. The van der Waals surface area contributed by atoms with Crippen LogP contribution in [-0.2, 0) is 22.4 Å². The SMILES string of the molecule is COC(=O)C(Cc1cccc(C#N)c1)C(Cc1ccccc1)NC(=O)c1ccc(-c2ccc(C)cc2[N+](=O)[O-])cc1. The fourth-order valence-electron chi connectivity index (χ4n) is 4.81. The van der Waals surface area contributed by atoms with Crippen molar-refractivity contribution in [2.75, 3.05) is 7.11 Å². The molecule has 0 aliphatic carbocycles. The fourth-order valence-corrected chi connectivity index (χ4v) is 4.81. The molecule has 1 N–H and O–H groups in total. The van der Waals surface area contributed by atoms with E-state index in [1.807, 2.05) is 36.4 Å². The Kier molecular flexibility index (Phi) is 9.23. The maximum Gasteiger partial charge on any atom is 0.311 e. The Morgan fingerprint density at radius 3 is 2.29 bits per heavy atom. The summed E-state index contributed by atoms with van der Waals surface area (Å²) in [4.78, 5) is 37.7. The number of nitrogens with zero attached hydrogens (tertiary/aromatic N) is 2. The van der Waals surface area contributed by atoms with E-state index in [9.17, 15) is 25.0 Å². The Labute approximate surface area is 238 Å². The molecule has 41 heavy (non-hydrogen) atoms. The molecule has 0 saturated carbocycles. The van der Waals surface area contributed by atoms with Gasteiger partial charge in [0.05, 0.1) is 35.1 Å². The van der Waals surface area contributed by atoms with Gasteiger partial charge in [-0.05, 0) is 72.4 Å². The van der Waals surface area contributed by atoms with Crippen LogP contribution in [0, 0.1) is 34.3 Å². The summed E-state index contributed by atoms with van der Waals surface area (Å²) in [5.41, 5.74) is 4.36. The molecule has 2 unspecified atom stereocenters. The summed E-state index contributed by atoms with van der Waals surface area (Å²) in [6.45, 7) is 1.79. The molecular formula is C33H29N3O5. The third kappa shape index (κ3) is 7.22. The van der Waals surface area contributed by atoms with Crippen LogP contribution in [0.1, 0.15) is 32.6 Å². The predicted molar refractivity (Wildman–Crippen MR) is 155 cm³/mol. The zero-order valence-electron chi connectivity index (χ0n) is 22.7. The average Bonchev–Trinajstić information content (AvgIpc) is 2.99. The van der Waals surface area contributed by atoms with Crippen molar-refractivity contribution >= 4 is 17.6 Å². The largest absolute Gasteiger partial charge is 0.469 e. The van der Waals surface area contributed by atoms with E-state index in [2.05, 4.69) is 11.4 Å². The average molecular weight is 548 g/mol. The van der Waals surface area contributed by atoms with Crippen molar-refractivity contribution in [2.45, 2.75) is 25.8 Å². The van der Waals surface area contributed by atoms with Gasteiger partial charge in [-0.25, -0.2) is 0 Å². The minimum atomic E-state index is -0.729. The van der Waals surface area contributed by atoms with Crippen LogP contribution in [0.2, 0.25) is 0 Å². The molecule has 0 saturated heterocycles. The van der Waals surface area contributed by atoms with Crippen LogP contribution in [0.15, 0.2) is 97.1 Å². The van der Waals surface area contributed by atoms with Crippen LogP contribution < -0.4 is 5.32 Å². The second-order valence-electron chi connectivity index (χ2n) is 9.77. The Morgan fingerprint density at radius 1 is 0.927 bits per heavy atom. The predicted octanol–water partition coefficient (Wildman–Crippen LogP) is 5.81. The molecule has 4 aromatic carbocycles. The first kappa shape index (κ1) is 28.7. The molecule has 8 nitrogen and oxygen atoms in total. The van der Waals surface area contributed by atoms with Gasteiger partial charge in [-0.2, -0.15) is 5.26 Å². The highest BCUT2D eigenvalue weighted by atomic mass is 16.6. The van der Waals surface area contributed by atoms with Gasteiger partial charge in [-0.3, -0.25) is 19.7 Å². The zero-order chi connectivity index (χ0) is 29.4. The lowest BCUT2D eigenvalue weighted by Gasteiger charge is -2.27. The summed E-state index contributed by atoms with van der Waals surface area (Å²) in [6, 6.07) is 29.6. The number of carbonyl (C=O) groups is 2. The van der Waals surface area contributed by atoms with E-state index in [0.29, 0.717) is 28.7 Å². The molecule has 1 amide bonds. The van der Waals surface area contributed by atoms with Crippen LogP contribution in [0.4, 0.5) is 5.69 Å². The Balaban J connectivity index is 1.63. The van der Waals surface area contributed by atoms with Crippen molar-refractivity contribution in [1.82, 2.24) is 5.32 Å². The highest BCUT2D eigenvalue weighted by Crippen LogP contribution is 2.31. The van der Waals surface area contributed by atoms with Gasteiger partial charge >= 0.3 is 5.97 Å². The van der Waals surface area contributed by atoms with Gasteiger partial charge in [0, 0.05) is 17.7 Å². The van der Waals surface area contributed by atoms with Gasteiger partial charge in [0.25, 0.3) is 11.6 Å². The lowest BCUT2D eigenvalue weighted by atomic mass is 9.87. The summed E-state index contributed by atoms with van der Waals surface area (Å²) in [7, 11) is 1.31. The van der Waals surface area contributed by atoms with E-state index < -0.39 is 28.8 Å². The molecule has 2 atom stereocenters. The molecule has 0 radical (unpaired) electrons. The summed E-state index contributed by atoms with van der Waals surface area (Å²) in [5.74, 6) is -1.60. The number of carbonyl (C=O) groups excluding carboxylic acids is 2. The first-order valence-electron chi connectivity index (χ1n) is 13.1. The van der Waals surface area contributed by atoms with Crippen molar-refractivity contribution in [3.63, 3.8) is 0 Å². The van der Waals surface area contributed by atoms with E-state index in [4.69, 9.17) is 4.74 Å². The molecule has 4 rings (SSSR count). The Morgan fingerprint density at radius 2 is 1.63 bits per heavy atom. The van der Waals surface area contributed by atoms with Gasteiger partial charge in [0.15, 0.2) is 0 Å². The van der Waals surface area contributed by atoms with Gasteiger partial charge in [-0.1, -0.05) is 60.7 Å². The third-order valence-corrected chi connectivity index (χ3v) is 6.92. The Hall–Kier alpha value is -5.29. The van der Waals surface area contributed by atoms with E-state index >= 15 is 0 Å². The first-order valence-corrected chi connectivity index (χ1v) is 13.1. The maximum atomic E-state index is 13.5.